The van der Waals surface area contributed by atoms with Crippen LogP contribution in [0.5, 0.6) is 0 Å². The van der Waals surface area contributed by atoms with Crippen LogP contribution in [0.2, 0.25) is 0 Å². The SMILES string of the molecule is C=COC(=O)C(=CC)C(=CC)CCC(=O)O. The van der Waals surface area contributed by atoms with Gasteiger partial charge in [-0.2, -0.15) is 0 Å². The Morgan fingerprint density at radius 1 is 1.25 bits per heavy atom. The van der Waals surface area contributed by atoms with Gasteiger partial charge in [-0.05, 0) is 25.8 Å². The summed E-state index contributed by atoms with van der Waals surface area (Å²) in [4.78, 5) is 21.9. The number of carbonyl (C=O) groups is 2. The second kappa shape index (κ2) is 7.45. The van der Waals surface area contributed by atoms with Crippen LogP contribution in [0.3, 0.4) is 0 Å². The molecule has 0 saturated heterocycles. The average Bonchev–Trinajstić information content (AvgIpc) is 2.24. The van der Waals surface area contributed by atoms with Gasteiger partial charge in [-0.15, -0.1) is 0 Å². The van der Waals surface area contributed by atoms with Gasteiger partial charge in [0.05, 0.1) is 11.8 Å². The van der Waals surface area contributed by atoms with Crippen LogP contribution in [0, 0.1) is 0 Å². The van der Waals surface area contributed by atoms with Gasteiger partial charge in [-0.25, -0.2) is 4.79 Å². The van der Waals surface area contributed by atoms with E-state index < -0.39 is 11.9 Å². The fourth-order valence-corrected chi connectivity index (χ4v) is 1.25. The molecule has 16 heavy (non-hydrogen) atoms. The maximum absolute atomic E-state index is 11.5. The third kappa shape index (κ3) is 4.59. The molecule has 0 radical (unpaired) electrons. The molecule has 1 N–H and O–H groups in total. The van der Waals surface area contributed by atoms with Crippen molar-refractivity contribution in [1.82, 2.24) is 0 Å². The van der Waals surface area contributed by atoms with Crippen LogP contribution in [0.15, 0.2) is 36.1 Å². The lowest BCUT2D eigenvalue weighted by molar-refractivity contribution is -0.137. The average molecular weight is 224 g/mol. The number of aliphatic carboxylic acids is 1. The first kappa shape index (κ1) is 14.2. The molecule has 0 amide bonds. The minimum Gasteiger partial charge on any atom is -0.481 e. The molecule has 0 aromatic carbocycles. The van der Waals surface area contributed by atoms with Crippen molar-refractivity contribution < 1.29 is 19.4 Å². The molecule has 88 valence electrons. The zero-order valence-corrected chi connectivity index (χ0v) is 9.53. The van der Waals surface area contributed by atoms with E-state index in [0.717, 1.165) is 6.26 Å². The monoisotopic (exact) mass is 224 g/mol. The highest BCUT2D eigenvalue weighted by Crippen LogP contribution is 2.17. The van der Waals surface area contributed by atoms with Crippen molar-refractivity contribution in [3.63, 3.8) is 0 Å². The summed E-state index contributed by atoms with van der Waals surface area (Å²) in [5, 5.41) is 8.58. The highest BCUT2D eigenvalue weighted by molar-refractivity contribution is 5.93. The van der Waals surface area contributed by atoms with Crippen molar-refractivity contribution >= 4 is 11.9 Å². The summed E-state index contributed by atoms with van der Waals surface area (Å²) in [6, 6.07) is 0. The smallest absolute Gasteiger partial charge is 0.342 e. The number of carboxylic acid groups (broad SMARTS) is 1. The molecule has 0 aliphatic carbocycles. The number of hydrogen-bond acceptors (Lipinski definition) is 3. The van der Waals surface area contributed by atoms with Gasteiger partial charge >= 0.3 is 11.9 Å². The Hall–Kier alpha value is -1.84. The van der Waals surface area contributed by atoms with E-state index in [1.54, 1.807) is 26.0 Å². The van der Waals surface area contributed by atoms with Crippen molar-refractivity contribution in [3.8, 4) is 0 Å². The van der Waals surface area contributed by atoms with E-state index in [4.69, 9.17) is 5.11 Å². The molecule has 4 nitrogen and oxygen atoms in total. The molecular formula is C12H16O4. The fourth-order valence-electron chi connectivity index (χ4n) is 1.25. The maximum Gasteiger partial charge on any atom is 0.342 e. The predicted octanol–water partition coefficient (Wildman–Crippen LogP) is 2.43. The topological polar surface area (TPSA) is 63.6 Å². The van der Waals surface area contributed by atoms with Gasteiger partial charge in [0.25, 0.3) is 0 Å². The third-order valence-electron chi connectivity index (χ3n) is 2.00. The van der Waals surface area contributed by atoms with Crippen molar-refractivity contribution in [2.24, 2.45) is 0 Å². The van der Waals surface area contributed by atoms with Gasteiger partial charge in [0.2, 0.25) is 0 Å². The normalized spacial score (nSPS) is 12.1. The third-order valence-corrected chi connectivity index (χ3v) is 2.00. The van der Waals surface area contributed by atoms with Gasteiger partial charge in [-0.1, -0.05) is 18.7 Å². The summed E-state index contributed by atoms with van der Waals surface area (Å²) < 4.78 is 4.65. The van der Waals surface area contributed by atoms with Crippen molar-refractivity contribution in [2.45, 2.75) is 26.7 Å². The molecule has 0 aliphatic heterocycles. The fraction of sp³-hybridized carbons (Fsp3) is 0.333. The molecule has 0 saturated carbocycles. The predicted molar refractivity (Wildman–Crippen MR) is 60.7 cm³/mol. The van der Waals surface area contributed by atoms with Crippen LogP contribution in [0.25, 0.3) is 0 Å². The van der Waals surface area contributed by atoms with Gasteiger partial charge in [0.15, 0.2) is 0 Å². The summed E-state index contributed by atoms with van der Waals surface area (Å²) >= 11 is 0. The van der Waals surface area contributed by atoms with E-state index in [2.05, 4.69) is 11.3 Å². The van der Waals surface area contributed by atoms with E-state index in [0.29, 0.717) is 17.6 Å². The molecule has 0 aromatic heterocycles. The Labute approximate surface area is 94.9 Å². The van der Waals surface area contributed by atoms with Crippen molar-refractivity contribution in [2.75, 3.05) is 0 Å². The molecule has 0 aromatic rings. The first-order valence-electron chi connectivity index (χ1n) is 4.92. The van der Waals surface area contributed by atoms with Crippen LogP contribution in [0.1, 0.15) is 26.7 Å². The largest absolute Gasteiger partial charge is 0.481 e. The summed E-state index contributed by atoms with van der Waals surface area (Å²) in [7, 11) is 0. The minimum atomic E-state index is -0.896. The second-order valence-corrected chi connectivity index (χ2v) is 2.98. The zero-order chi connectivity index (χ0) is 12.6. The van der Waals surface area contributed by atoms with Gasteiger partial charge in [-0.3, -0.25) is 4.79 Å². The summed E-state index contributed by atoms with van der Waals surface area (Å²) in [5.74, 6) is -1.41. The summed E-state index contributed by atoms with van der Waals surface area (Å²) in [6.07, 6.45) is 4.65. The van der Waals surface area contributed by atoms with Crippen molar-refractivity contribution in [3.05, 3.63) is 36.1 Å². The standard InChI is InChI=1S/C12H16O4/c1-4-9(7-8-11(13)14)10(5-2)12(15)16-6-3/h4-6H,3,7-8H2,1-2H3,(H,13,14). The first-order chi connectivity index (χ1) is 7.56. The number of rotatable bonds is 6. The minimum absolute atomic E-state index is 0.0155. The Balaban J connectivity index is 4.72. The van der Waals surface area contributed by atoms with E-state index in [9.17, 15) is 9.59 Å². The maximum atomic E-state index is 11.5. The number of carbonyl (C=O) groups excluding carboxylic acids is 1. The quantitative estimate of drug-likeness (QED) is 0.326. The number of ether oxygens (including phenoxy) is 1. The highest BCUT2D eigenvalue weighted by atomic mass is 16.5. The highest BCUT2D eigenvalue weighted by Gasteiger charge is 2.14. The molecule has 0 bridgehead atoms. The molecule has 0 atom stereocenters. The van der Waals surface area contributed by atoms with E-state index in [1.807, 2.05) is 0 Å². The number of carboxylic acids is 1. The van der Waals surface area contributed by atoms with Crippen molar-refractivity contribution in [1.29, 1.82) is 0 Å². The van der Waals surface area contributed by atoms with E-state index in [-0.39, 0.29) is 6.42 Å². The first-order valence-corrected chi connectivity index (χ1v) is 4.92. The Morgan fingerprint density at radius 2 is 1.88 bits per heavy atom. The lowest BCUT2D eigenvalue weighted by atomic mass is 10.0. The molecular weight excluding hydrogens is 208 g/mol. The van der Waals surface area contributed by atoms with Gasteiger partial charge in [0.1, 0.15) is 0 Å². The zero-order valence-electron chi connectivity index (χ0n) is 9.53. The molecule has 0 rings (SSSR count). The van der Waals surface area contributed by atoms with Crippen LogP contribution in [-0.2, 0) is 14.3 Å². The van der Waals surface area contributed by atoms with E-state index in [1.165, 1.54) is 0 Å². The number of esters is 1. The summed E-state index contributed by atoms with van der Waals surface area (Å²) in [5.41, 5.74) is 1.04. The van der Waals surface area contributed by atoms with Crippen LogP contribution >= 0.6 is 0 Å². The number of allylic oxidation sites excluding steroid dienone is 2. The molecule has 0 heterocycles. The van der Waals surface area contributed by atoms with Crippen LogP contribution in [-0.4, -0.2) is 17.0 Å². The molecule has 0 aliphatic rings. The van der Waals surface area contributed by atoms with Gasteiger partial charge in [0, 0.05) is 6.42 Å². The van der Waals surface area contributed by atoms with E-state index >= 15 is 0 Å². The van der Waals surface area contributed by atoms with Crippen LogP contribution < -0.4 is 0 Å². The Morgan fingerprint density at radius 3 is 2.25 bits per heavy atom. The lowest BCUT2D eigenvalue weighted by Gasteiger charge is -2.08. The Bertz CT molecular complexity index is 337. The van der Waals surface area contributed by atoms with Crippen LogP contribution in [0.4, 0.5) is 0 Å². The second-order valence-electron chi connectivity index (χ2n) is 2.98. The molecule has 0 spiro atoms. The Kier molecular flexibility index (Phi) is 6.59. The summed E-state index contributed by atoms with van der Waals surface area (Å²) in [6.45, 7) is 6.74. The van der Waals surface area contributed by atoms with Gasteiger partial charge < -0.3 is 9.84 Å². The number of hydrogen-bond donors (Lipinski definition) is 1. The molecule has 0 fully saturated rings. The molecule has 0 unspecified atom stereocenters. The molecule has 4 heteroatoms. The lowest BCUT2D eigenvalue weighted by Crippen LogP contribution is -2.08.